The van der Waals surface area contributed by atoms with E-state index in [1.165, 1.54) is 17.3 Å². The minimum atomic E-state index is -0.229. The Morgan fingerprint density at radius 3 is 2.69 bits per heavy atom. The van der Waals surface area contributed by atoms with Gasteiger partial charge < -0.3 is 9.64 Å². The summed E-state index contributed by atoms with van der Waals surface area (Å²) in [7, 11) is 2.02. The highest BCUT2D eigenvalue weighted by atomic mass is 35.5. The number of anilines is 1. The summed E-state index contributed by atoms with van der Waals surface area (Å²) in [4.78, 5) is 15.2. The van der Waals surface area contributed by atoms with Crippen molar-refractivity contribution in [1.82, 2.24) is 14.8 Å². The maximum atomic E-state index is 13.1. The highest BCUT2D eigenvalue weighted by Gasteiger charge is 2.38. The summed E-state index contributed by atoms with van der Waals surface area (Å²) in [6, 6.07) is 15.9. The monoisotopic (exact) mass is 508 g/mol. The van der Waals surface area contributed by atoms with Gasteiger partial charge in [-0.15, -0.1) is 10.2 Å². The van der Waals surface area contributed by atoms with Gasteiger partial charge in [0.1, 0.15) is 0 Å². The van der Waals surface area contributed by atoms with E-state index in [4.69, 9.17) is 16.3 Å². The van der Waals surface area contributed by atoms with E-state index in [-0.39, 0.29) is 23.1 Å². The zero-order valence-electron chi connectivity index (χ0n) is 20.2. The molecule has 0 N–H and O–H groups in total. The third-order valence-corrected chi connectivity index (χ3v) is 8.05. The Balaban J connectivity index is 1.36. The summed E-state index contributed by atoms with van der Waals surface area (Å²) < 4.78 is 7.96. The van der Waals surface area contributed by atoms with Crippen LogP contribution in [-0.2, 0) is 21.5 Å². The van der Waals surface area contributed by atoms with Crippen LogP contribution in [0.3, 0.4) is 0 Å². The average molecular weight is 509 g/mol. The molecule has 0 unspecified atom stereocenters. The molecule has 0 bridgehead atoms. The highest BCUT2D eigenvalue weighted by molar-refractivity contribution is 7.99. The first-order chi connectivity index (χ1) is 16.8. The van der Waals surface area contributed by atoms with Crippen molar-refractivity contribution in [2.24, 2.45) is 0 Å². The van der Waals surface area contributed by atoms with Gasteiger partial charge in [-0.05, 0) is 48.7 Å². The molecule has 0 spiro atoms. The van der Waals surface area contributed by atoms with Gasteiger partial charge in [-0.2, -0.15) is 0 Å². The van der Waals surface area contributed by atoms with E-state index in [1.54, 1.807) is 6.08 Å². The number of likely N-dealkylation sites (N-methyl/N-ethyl adjacent to an activating group) is 1. The molecule has 3 aromatic rings. The quantitative estimate of drug-likeness (QED) is 0.299. The number of thioether (sulfide) groups is 1. The zero-order valence-corrected chi connectivity index (χ0v) is 21.8. The number of allylic oxidation sites excluding steroid dienone is 2. The Morgan fingerprint density at radius 2 is 1.97 bits per heavy atom. The summed E-state index contributed by atoms with van der Waals surface area (Å²) in [6.45, 7) is 5.77. The average Bonchev–Trinajstić information content (AvgIpc) is 3.55. The Hall–Kier alpha value is -2.61. The molecule has 0 radical (unpaired) electrons. The Bertz CT molecular complexity index is 1260. The van der Waals surface area contributed by atoms with Crippen LogP contribution in [0, 0.1) is 0 Å². The minimum Gasteiger partial charge on any atom is -0.376 e. The molecule has 1 atom stereocenters. The van der Waals surface area contributed by atoms with Crippen molar-refractivity contribution in [2.75, 3.05) is 24.3 Å². The van der Waals surface area contributed by atoms with Gasteiger partial charge >= 0.3 is 0 Å². The van der Waals surface area contributed by atoms with Crippen molar-refractivity contribution in [3.63, 3.8) is 0 Å². The number of carbonyl (C=O) groups excluding carboxylic acids is 1. The van der Waals surface area contributed by atoms with Gasteiger partial charge in [0, 0.05) is 47.1 Å². The van der Waals surface area contributed by atoms with E-state index in [2.05, 4.69) is 45.6 Å². The van der Waals surface area contributed by atoms with E-state index >= 15 is 0 Å². The molecule has 1 saturated heterocycles. The minimum absolute atomic E-state index is 0.0532. The number of carbonyl (C=O) groups is 1. The van der Waals surface area contributed by atoms with Crippen LogP contribution in [0.4, 0.5) is 5.69 Å². The second-order valence-electron chi connectivity index (χ2n) is 9.54. The first-order valence-electron chi connectivity index (χ1n) is 11.9. The standard InChI is InChI=1S/C27H29ClN4O2S/c1-27(2)22-8-4-5-9-23(22)31(3)24(27)15-20(33)17-35-26-30-29-25(18-10-12-19(28)13-11-18)32(26)16-21-7-6-14-34-21/h4-5,8-13,15,21H,6-7,14,16-17H2,1-3H3/b24-15+/t21-/m0/s1. The number of para-hydroxylation sites is 1. The van der Waals surface area contributed by atoms with Gasteiger partial charge in [0.2, 0.25) is 0 Å². The number of hydrogen-bond donors (Lipinski definition) is 0. The van der Waals surface area contributed by atoms with Crippen molar-refractivity contribution < 1.29 is 9.53 Å². The van der Waals surface area contributed by atoms with Gasteiger partial charge in [0.05, 0.1) is 18.4 Å². The van der Waals surface area contributed by atoms with Crippen LogP contribution >= 0.6 is 23.4 Å². The number of benzene rings is 2. The molecule has 182 valence electrons. The van der Waals surface area contributed by atoms with E-state index in [9.17, 15) is 4.79 Å². The predicted octanol–water partition coefficient (Wildman–Crippen LogP) is 5.75. The molecular formula is C27H29ClN4O2S. The van der Waals surface area contributed by atoms with Crippen LogP contribution in [0.15, 0.2) is 65.5 Å². The summed E-state index contributed by atoms with van der Waals surface area (Å²) in [5, 5.41) is 10.3. The van der Waals surface area contributed by atoms with Crippen molar-refractivity contribution in [1.29, 1.82) is 0 Å². The van der Waals surface area contributed by atoms with Crippen LogP contribution in [0.5, 0.6) is 0 Å². The smallest absolute Gasteiger partial charge is 0.192 e. The number of hydrogen-bond acceptors (Lipinski definition) is 6. The number of aromatic nitrogens is 3. The first-order valence-corrected chi connectivity index (χ1v) is 13.2. The lowest BCUT2D eigenvalue weighted by Gasteiger charge is -2.23. The number of ketones is 1. The fraction of sp³-hybridized carbons (Fsp3) is 0.370. The van der Waals surface area contributed by atoms with Gasteiger partial charge in [-0.3, -0.25) is 9.36 Å². The molecule has 2 aromatic carbocycles. The van der Waals surface area contributed by atoms with Crippen LogP contribution in [0.1, 0.15) is 32.3 Å². The lowest BCUT2D eigenvalue weighted by molar-refractivity contribution is -0.112. The topological polar surface area (TPSA) is 60.2 Å². The molecule has 6 nitrogen and oxygen atoms in total. The maximum Gasteiger partial charge on any atom is 0.192 e. The third kappa shape index (κ3) is 4.77. The molecule has 2 aliphatic heterocycles. The number of fused-ring (bicyclic) bond motifs is 1. The molecule has 3 heterocycles. The number of nitrogens with zero attached hydrogens (tertiary/aromatic N) is 4. The van der Waals surface area contributed by atoms with Crippen LogP contribution in [0.2, 0.25) is 5.02 Å². The van der Waals surface area contributed by atoms with E-state index in [1.807, 2.05) is 43.4 Å². The second kappa shape index (κ2) is 9.80. The summed E-state index contributed by atoms with van der Waals surface area (Å²) in [5.74, 6) is 1.10. The van der Waals surface area contributed by atoms with E-state index < -0.39 is 0 Å². The lowest BCUT2D eigenvalue weighted by atomic mass is 9.83. The summed E-state index contributed by atoms with van der Waals surface area (Å²) >= 11 is 7.50. The molecule has 1 aromatic heterocycles. The zero-order chi connectivity index (χ0) is 24.6. The molecule has 0 saturated carbocycles. The highest BCUT2D eigenvalue weighted by Crippen LogP contribution is 2.46. The van der Waals surface area contributed by atoms with Crippen LogP contribution < -0.4 is 4.90 Å². The molecule has 1 fully saturated rings. The first kappa shape index (κ1) is 24.1. The second-order valence-corrected chi connectivity index (χ2v) is 10.9. The lowest BCUT2D eigenvalue weighted by Crippen LogP contribution is -2.24. The number of halogens is 1. The van der Waals surface area contributed by atoms with Crippen LogP contribution in [0.25, 0.3) is 11.4 Å². The van der Waals surface area contributed by atoms with Gasteiger partial charge in [0.15, 0.2) is 16.8 Å². The number of rotatable bonds is 7. The fourth-order valence-corrected chi connectivity index (χ4v) is 5.85. The Kier molecular flexibility index (Phi) is 6.75. The SMILES string of the molecule is CN1/C(=C/C(=O)CSc2nnc(-c3ccc(Cl)cc3)n2C[C@@H]2CCCO2)C(C)(C)c2ccccc21. The Morgan fingerprint density at radius 1 is 1.20 bits per heavy atom. The molecule has 2 aliphatic rings. The van der Waals surface area contributed by atoms with Gasteiger partial charge in [-0.25, -0.2) is 0 Å². The van der Waals surface area contributed by atoms with Gasteiger partial charge in [-0.1, -0.05) is 55.4 Å². The molecule has 35 heavy (non-hydrogen) atoms. The van der Waals surface area contributed by atoms with E-state index in [0.717, 1.165) is 47.4 Å². The molecular weight excluding hydrogens is 480 g/mol. The number of ether oxygens (including phenoxy) is 1. The van der Waals surface area contributed by atoms with Crippen molar-refractivity contribution >= 4 is 34.8 Å². The normalized spacial score (nSPS) is 19.9. The molecule has 0 aliphatic carbocycles. The fourth-order valence-electron chi connectivity index (χ4n) is 4.95. The molecule has 8 heteroatoms. The molecule has 0 amide bonds. The third-order valence-electron chi connectivity index (χ3n) is 6.81. The molecule has 5 rings (SSSR count). The largest absolute Gasteiger partial charge is 0.376 e. The maximum absolute atomic E-state index is 13.1. The summed E-state index contributed by atoms with van der Waals surface area (Å²) in [6.07, 6.45) is 3.98. The van der Waals surface area contributed by atoms with Crippen LogP contribution in [-0.4, -0.2) is 46.1 Å². The Labute approximate surface area is 215 Å². The predicted molar refractivity (Wildman–Crippen MR) is 141 cm³/mol. The van der Waals surface area contributed by atoms with Crippen molar-refractivity contribution in [2.45, 2.75) is 49.9 Å². The van der Waals surface area contributed by atoms with Gasteiger partial charge in [0.25, 0.3) is 0 Å². The van der Waals surface area contributed by atoms with E-state index in [0.29, 0.717) is 11.6 Å². The van der Waals surface area contributed by atoms with Crippen molar-refractivity contribution in [3.8, 4) is 11.4 Å². The van der Waals surface area contributed by atoms with Crippen molar-refractivity contribution in [3.05, 3.63) is 70.9 Å². The summed E-state index contributed by atoms with van der Waals surface area (Å²) in [5.41, 5.74) is 4.10.